The Labute approximate surface area is 189 Å². The summed E-state index contributed by atoms with van der Waals surface area (Å²) in [5.41, 5.74) is 5.60. The van der Waals surface area contributed by atoms with Crippen LogP contribution in [-0.4, -0.2) is 42.5 Å². The Morgan fingerprint density at radius 1 is 1.12 bits per heavy atom. The third-order valence-electron chi connectivity index (χ3n) is 5.94. The topological polar surface area (TPSA) is 79.1 Å². The van der Waals surface area contributed by atoms with Gasteiger partial charge in [-0.05, 0) is 49.9 Å². The molecule has 1 saturated heterocycles. The number of ketones is 1. The average molecular weight is 431 g/mol. The van der Waals surface area contributed by atoms with Gasteiger partial charge in [-0.3, -0.25) is 10.2 Å². The number of amidine groups is 1. The molecule has 1 aromatic heterocycles. The number of hydrogen-bond donors (Lipinski definition) is 3. The highest BCUT2D eigenvalue weighted by Gasteiger charge is 2.24. The Hall–Kier alpha value is -3.38. The normalized spacial score (nSPS) is 14.2. The van der Waals surface area contributed by atoms with Crippen LogP contribution in [0.4, 0.5) is 5.82 Å². The molecule has 0 unspecified atom stereocenters. The Balaban J connectivity index is 1.82. The maximum Gasteiger partial charge on any atom is 0.159 e. The highest BCUT2D eigenvalue weighted by Crippen LogP contribution is 2.34. The standard InChI is InChI=1S/C26H30N4O2/c1-17-5-4-6-22(15-17)30-16-23(20-9-7-19(8-10-20)18(2)31)24(26(30)28-3)25(27)29-21-11-13-32-14-12-21/h4-10,15-16,21,28H,11-14H2,1-3H3,(H2,27,29). The predicted octanol–water partition coefficient (Wildman–Crippen LogP) is 4.79. The van der Waals surface area contributed by atoms with E-state index < -0.39 is 0 Å². The molecule has 0 bridgehead atoms. The zero-order chi connectivity index (χ0) is 22.7. The SMILES string of the molecule is CNc1c(C(=N)NC2CCOCC2)c(-c2ccc(C(C)=O)cc2)cn1-c1cccc(C)c1. The number of ether oxygens (including phenoxy) is 1. The van der Waals surface area contributed by atoms with Gasteiger partial charge in [0.1, 0.15) is 11.7 Å². The minimum Gasteiger partial charge on any atom is -0.381 e. The maximum atomic E-state index is 11.7. The van der Waals surface area contributed by atoms with E-state index in [4.69, 9.17) is 10.1 Å². The number of aryl methyl sites for hydroxylation is 1. The molecule has 0 spiro atoms. The number of nitrogens with one attached hydrogen (secondary N) is 3. The molecule has 32 heavy (non-hydrogen) atoms. The van der Waals surface area contributed by atoms with E-state index in [-0.39, 0.29) is 11.8 Å². The van der Waals surface area contributed by atoms with Crippen LogP contribution in [0, 0.1) is 12.3 Å². The molecule has 1 aliphatic heterocycles. The first-order chi connectivity index (χ1) is 15.5. The summed E-state index contributed by atoms with van der Waals surface area (Å²) in [5.74, 6) is 1.28. The van der Waals surface area contributed by atoms with Crippen molar-refractivity contribution in [1.82, 2.24) is 9.88 Å². The fraction of sp³-hybridized carbons (Fsp3) is 0.308. The molecule has 4 rings (SSSR count). The highest BCUT2D eigenvalue weighted by molar-refractivity contribution is 6.08. The van der Waals surface area contributed by atoms with Gasteiger partial charge in [0.05, 0.1) is 5.56 Å². The van der Waals surface area contributed by atoms with Crippen LogP contribution in [0.5, 0.6) is 0 Å². The maximum absolute atomic E-state index is 11.7. The van der Waals surface area contributed by atoms with Gasteiger partial charge in [0.2, 0.25) is 0 Å². The fourth-order valence-corrected chi connectivity index (χ4v) is 4.21. The van der Waals surface area contributed by atoms with Crippen molar-refractivity contribution in [2.45, 2.75) is 32.7 Å². The Kier molecular flexibility index (Phi) is 6.42. The summed E-state index contributed by atoms with van der Waals surface area (Å²) in [6.07, 6.45) is 3.84. The summed E-state index contributed by atoms with van der Waals surface area (Å²) in [4.78, 5) is 11.7. The number of carbonyl (C=O) groups excluding carboxylic acids is 1. The largest absolute Gasteiger partial charge is 0.381 e. The third-order valence-corrected chi connectivity index (χ3v) is 5.94. The molecule has 0 aliphatic carbocycles. The van der Waals surface area contributed by atoms with Gasteiger partial charge in [-0.15, -0.1) is 0 Å². The van der Waals surface area contributed by atoms with Crippen LogP contribution in [-0.2, 0) is 4.74 Å². The van der Waals surface area contributed by atoms with Crippen molar-refractivity contribution in [3.05, 3.63) is 71.4 Å². The van der Waals surface area contributed by atoms with Gasteiger partial charge >= 0.3 is 0 Å². The summed E-state index contributed by atoms with van der Waals surface area (Å²) in [6.45, 7) is 5.07. The van der Waals surface area contributed by atoms with E-state index in [0.717, 1.165) is 41.0 Å². The number of Topliss-reactive ketones (excluding diaryl/α,β-unsaturated/α-hetero) is 1. The molecule has 166 valence electrons. The molecule has 0 amide bonds. The molecular weight excluding hydrogens is 400 g/mol. The molecule has 3 N–H and O–H groups in total. The molecule has 3 aromatic rings. The van der Waals surface area contributed by atoms with Crippen molar-refractivity contribution in [1.29, 1.82) is 5.41 Å². The van der Waals surface area contributed by atoms with Gasteiger partial charge in [-0.2, -0.15) is 0 Å². The lowest BCUT2D eigenvalue weighted by molar-refractivity contribution is 0.0824. The number of benzene rings is 2. The van der Waals surface area contributed by atoms with Crippen LogP contribution in [0.1, 0.15) is 41.3 Å². The number of rotatable bonds is 6. The van der Waals surface area contributed by atoms with E-state index in [0.29, 0.717) is 24.6 Å². The molecular formula is C26H30N4O2. The second kappa shape index (κ2) is 9.40. The molecule has 1 fully saturated rings. The van der Waals surface area contributed by atoms with Crippen molar-refractivity contribution >= 4 is 17.4 Å². The smallest absolute Gasteiger partial charge is 0.159 e. The summed E-state index contributed by atoms with van der Waals surface area (Å²) < 4.78 is 7.57. The first kappa shape index (κ1) is 21.8. The van der Waals surface area contributed by atoms with E-state index in [9.17, 15) is 4.79 Å². The Morgan fingerprint density at radius 3 is 2.47 bits per heavy atom. The van der Waals surface area contributed by atoms with E-state index >= 15 is 0 Å². The van der Waals surface area contributed by atoms with Crippen molar-refractivity contribution in [3.63, 3.8) is 0 Å². The Morgan fingerprint density at radius 2 is 1.84 bits per heavy atom. The minimum absolute atomic E-state index is 0.0407. The van der Waals surface area contributed by atoms with Crippen molar-refractivity contribution in [2.24, 2.45) is 0 Å². The first-order valence-electron chi connectivity index (χ1n) is 11.0. The lowest BCUT2D eigenvalue weighted by atomic mass is 10.00. The number of hydrogen-bond acceptors (Lipinski definition) is 4. The highest BCUT2D eigenvalue weighted by atomic mass is 16.5. The van der Waals surface area contributed by atoms with Gasteiger partial charge in [-0.25, -0.2) is 0 Å². The molecule has 2 aromatic carbocycles. The van der Waals surface area contributed by atoms with Crippen LogP contribution in [0.3, 0.4) is 0 Å². The van der Waals surface area contributed by atoms with Crippen LogP contribution in [0.25, 0.3) is 16.8 Å². The number of nitrogens with zero attached hydrogens (tertiary/aromatic N) is 1. The summed E-state index contributed by atoms with van der Waals surface area (Å²) in [7, 11) is 1.88. The first-order valence-corrected chi connectivity index (χ1v) is 11.0. The molecule has 0 atom stereocenters. The number of anilines is 1. The number of carbonyl (C=O) groups is 1. The number of aromatic nitrogens is 1. The van der Waals surface area contributed by atoms with E-state index in [1.165, 1.54) is 5.56 Å². The molecule has 0 saturated carbocycles. The molecule has 0 radical (unpaired) electrons. The van der Waals surface area contributed by atoms with Gasteiger partial charge < -0.3 is 19.9 Å². The monoisotopic (exact) mass is 430 g/mol. The van der Waals surface area contributed by atoms with Crippen LogP contribution >= 0.6 is 0 Å². The van der Waals surface area contributed by atoms with Gasteiger partial charge in [0.15, 0.2) is 5.78 Å². The van der Waals surface area contributed by atoms with Gasteiger partial charge in [0.25, 0.3) is 0 Å². The quantitative estimate of drug-likeness (QED) is 0.298. The second-order valence-electron chi connectivity index (χ2n) is 8.26. The Bertz CT molecular complexity index is 1130. The third kappa shape index (κ3) is 4.46. The molecule has 6 nitrogen and oxygen atoms in total. The van der Waals surface area contributed by atoms with E-state index in [1.807, 2.05) is 37.4 Å². The predicted molar refractivity (Wildman–Crippen MR) is 129 cm³/mol. The minimum atomic E-state index is 0.0407. The van der Waals surface area contributed by atoms with Crippen molar-refractivity contribution < 1.29 is 9.53 Å². The van der Waals surface area contributed by atoms with Crippen molar-refractivity contribution in [3.8, 4) is 16.8 Å². The zero-order valence-electron chi connectivity index (χ0n) is 18.9. The van der Waals surface area contributed by atoms with E-state index in [2.05, 4.69) is 46.5 Å². The zero-order valence-corrected chi connectivity index (χ0v) is 18.9. The summed E-state index contributed by atoms with van der Waals surface area (Å²) >= 11 is 0. The summed E-state index contributed by atoms with van der Waals surface area (Å²) in [5, 5.41) is 15.7. The van der Waals surface area contributed by atoms with Gasteiger partial charge in [0, 0.05) is 49.3 Å². The molecule has 2 heterocycles. The van der Waals surface area contributed by atoms with Crippen LogP contribution < -0.4 is 10.6 Å². The lowest BCUT2D eigenvalue weighted by Crippen LogP contribution is -2.39. The average Bonchev–Trinajstić information content (AvgIpc) is 3.19. The van der Waals surface area contributed by atoms with Crippen LogP contribution in [0.15, 0.2) is 54.7 Å². The van der Waals surface area contributed by atoms with Gasteiger partial charge in [-0.1, -0.05) is 36.4 Å². The fourth-order valence-electron chi connectivity index (χ4n) is 4.21. The lowest BCUT2D eigenvalue weighted by Gasteiger charge is -2.25. The van der Waals surface area contributed by atoms with Crippen molar-refractivity contribution in [2.75, 3.05) is 25.6 Å². The van der Waals surface area contributed by atoms with E-state index in [1.54, 1.807) is 6.92 Å². The molecule has 6 heteroatoms. The summed E-state index contributed by atoms with van der Waals surface area (Å²) in [6, 6.07) is 16.1. The van der Waals surface area contributed by atoms with Crippen LogP contribution in [0.2, 0.25) is 0 Å². The second-order valence-corrected chi connectivity index (χ2v) is 8.26. The molecule has 1 aliphatic rings.